The van der Waals surface area contributed by atoms with Crippen LogP contribution in [0.3, 0.4) is 0 Å². The summed E-state index contributed by atoms with van der Waals surface area (Å²) in [6.45, 7) is 3.41. The molecule has 2 rings (SSSR count). The molecule has 0 saturated carbocycles. The van der Waals surface area contributed by atoms with Crippen LogP contribution in [-0.4, -0.2) is 34.8 Å². The molecule has 1 heterocycles. The molecule has 0 aromatic heterocycles. The first-order valence-electron chi connectivity index (χ1n) is 6.72. The van der Waals surface area contributed by atoms with Crippen LogP contribution in [0.1, 0.15) is 30.4 Å². The summed E-state index contributed by atoms with van der Waals surface area (Å²) in [5, 5.41) is 11.9. The van der Waals surface area contributed by atoms with Gasteiger partial charge in [0.15, 0.2) is 0 Å². The third-order valence-corrected chi connectivity index (χ3v) is 3.54. The molecule has 1 aromatic carbocycles. The van der Waals surface area contributed by atoms with Crippen LogP contribution in [0.15, 0.2) is 29.4 Å². The summed E-state index contributed by atoms with van der Waals surface area (Å²) < 4.78 is 0. The normalized spacial score (nSPS) is 15.4. The van der Waals surface area contributed by atoms with Gasteiger partial charge in [-0.1, -0.05) is 35.0 Å². The molecule has 0 spiro atoms. The maximum atomic E-state index is 12.1. The zero-order chi connectivity index (χ0) is 13.7. The van der Waals surface area contributed by atoms with Gasteiger partial charge in [0, 0.05) is 32.4 Å². The van der Waals surface area contributed by atoms with Gasteiger partial charge in [0.1, 0.15) is 0 Å². The van der Waals surface area contributed by atoms with E-state index in [2.05, 4.69) is 30.3 Å². The molecule has 1 amide bonds. The average molecular weight is 260 g/mol. The maximum Gasteiger partial charge on any atom is 0.222 e. The van der Waals surface area contributed by atoms with Crippen molar-refractivity contribution < 1.29 is 10.0 Å². The largest absolute Gasteiger partial charge is 0.411 e. The molecule has 0 radical (unpaired) electrons. The Morgan fingerprint density at radius 3 is 2.74 bits per heavy atom. The number of hydrogen-bond donors (Lipinski definition) is 1. The molecular formula is C15H20N2O2. The molecule has 1 N–H and O–H groups in total. The predicted molar refractivity (Wildman–Crippen MR) is 74.5 cm³/mol. The number of piperidine rings is 1. The molecule has 0 aliphatic carbocycles. The molecule has 1 aromatic rings. The Morgan fingerprint density at radius 2 is 2.11 bits per heavy atom. The maximum absolute atomic E-state index is 12.1. The van der Waals surface area contributed by atoms with E-state index in [1.165, 1.54) is 11.1 Å². The zero-order valence-electron chi connectivity index (χ0n) is 11.3. The Bertz CT molecular complexity index is 473. The second-order valence-corrected chi connectivity index (χ2v) is 5.04. The summed E-state index contributed by atoms with van der Waals surface area (Å²) in [5.41, 5.74) is 3.23. The van der Waals surface area contributed by atoms with Crippen LogP contribution in [0.5, 0.6) is 0 Å². The number of nitrogens with zero attached hydrogens (tertiary/aromatic N) is 2. The van der Waals surface area contributed by atoms with Gasteiger partial charge in [-0.3, -0.25) is 4.79 Å². The first-order valence-corrected chi connectivity index (χ1v) is 6.72. The lowest BCUT2D eigenvalue weighted by Crippen LogP contribution is -2.38. The lowest BCUT2D eigenvalue weighted by molar-refractivity contribution is -0.131. The molecule has 0 atom stereocenters. The number of likely N-dealkylation sites (tertiary alicyclic amines) is 1. The van der Waals surface area contributed by atoms with Crippen molar-refractivity contribution in [2.75, 3.05) is 13.1 Å². The van der Waals surface area contributed by atoms with E-state index in [-0.39, 0.29) is 5.91 Å². The minimum Gasteiger partial charge on any atom is -0.411 e. The highest BCUT2D eigenvalue weighted by atomic mass is 16.4. The Labute approximate surface area is 113 Å². The Morgan fingerprint density at radius 1 is 1.37 bits per heavy atom. The monoisotopic (exact) mass is 260 g/mol. The number of hydrogen-bond acceptors (Lipinski definition) is 3. The van der Waals surface area contributed by atoms with Gasteiger partial charge in [0.2, 0.25) is 5.91 Å². The number of oxime groups is 1. The van der Waals surface area contributed by atoms with Crippen molar-refractivity contribution in [1.82, 2.24) is 4.90 Å². The summed E-state index contributed by atoms with van der Waals surface area (Å²) in [6.07, 6.45) is 2.71. The summed E-state index contributed by atoms with van der Waals surface area (Å²) >= 11 is 0. The summed E-state index contributed by atoms with van der Waals surface area (Å²) in [6, 6.07) is 8.28. The topological polar surface area (TPSA) is 52.9 Å². The number of amides is 1. The molecule has 1 fully saturated rings. The van der Waals surface area contributed by atoms with Gasteiger partial charge in [-0.25, -0.2) is 0 Å². The Balaban J connectivity index is 1.82. The minimum absolute atomic E-state index is 0.193. The molecule has 0 unspecified atom stereocenters. The van der Waals surface area contributed by atoms with Crippen molar-refractivity contribution in [3.8, 4) is 0 Å². The molecular weight excluding hydrogens is 240 g/mol. The van der Waals surface area contributed by atoms with Crippen LogP contribution in [0.2, 0.25) is 0 Å². The fourth-order valence-corrected chi connectivity index (χ4v) is 2.39. The highest BCUT2D eigenvalue weighted by Gasteiger charge is 2.19. The van der Waals surface area contributed by atoms with Gasteiger partial charge in [-0.15, -0.1) is 0 Å². The van der Waals surface area contributed by atoms with E-state index in [1.54, 1.807) is 0 Å². The van der Waals surface area contributed by atoms with E-state index in [1.807, 2.05) is 11.0 Å². The second kappa shape index (κ2) is 6.36. The Hall–Kier alpha value is -1.84. The minimum atomic E-state index is 0.193. The van der Waals surface area contributed by atoms with Crippen molar-refractivity contribution in [3.63, 3.8) is 0 Å². The van der Waals surface area contributed by atoms with E-state index in [0.717, 1.165) is 12.1 Å². The molecule has 4 nitrogen and oxygen atoms in total. The van der Waals surface area contributed by atoms with Gasteiger partial charge in [-0.05, 0) is 18.9 Å². The first kappa shape index (κ1) is 13.6. The van der Waals surface area contributed by atoms with E-state index in [9.17, 15) is 4.79 Å². The van der Waals surface area contributed by atoms with E-state index in [4.69, 9.17) is 5.21 Å². The smallest absolute Gasteiger partial charge is 0.222 e. The Kier molecular flexibility index (Phi) is 4.55. The van der Waals surface area contributed by atoms with Crippen molar-refractivity contribution in [2.24, 2.45) is 5.16 Å². The number of benzene rings is 1. The first-order chi connectivity index (χ1) is 9.19. The van der Waals surface area contributed by atoms with Crippen molar-refractivity contribution in [3.05, 3.63) is 35.4 Å². The molecule has 1 saturated heterocycles. The van der Waals surface area contributed by atoms with Crippen LogP contribution in [0.25, 0.3) is 0 Å². The SMILES string of the molecule is Cc1cccc(CCC(=O)N2CCC(=NO)CC2)c1. The standard InChI is InChI=1S/C15H20N2O2/c1-12-3-2-4-13(11-12)5-6-15(18)17-9-7-14(16-19)8-10-17/h2-4,11,19H,5-10H2,1H3. The molecule has 0 bridgehead atoms. The highest BCUT2D eigenvalue weighted by Crippen LogP contribution is 2.11. The van der Waals surface area contributed by atoms with Crippen molar-refractivity contribution in [1.29, 1.82) is 0 Å². The molecule has 19 heavy (non-hydrogen) atoms. The van der Waals surface area contributed by atoms with Crippen LogP contribution >= 0.6 is 0 Å². The predicted octanol–water partition coefficient (Wildman–Crippen LogP) is 2.38. The summed E-state index contributed by atoms with van der Waals surface area (Å²) in [7, 11) is 0. The van der Waals surface area contributed by atoms with E-state index < -0.39 is 0 Å². The molecule has 4 heteroatoms. The van der Waals surface area contributed by atoms with Crippen molar-refractivity contribution >= 4 is 11.6 Å². The third kappa shape index (κ3) is 3.81. The van der Waals surface area contributed by atoms with Crippen LogP contribution < -0.4 is 0 Å². The van der Waals surface area contributed by atoms with Gasteiger partial charge >= 0.3 is 0 Å². The second-order valence-electron chi connectivity index (χ2n) is 5.04. The van der Waals surface area contributed by atoms with Crippen molar-refractivity contribution in [2.45, 2.75) is 32.6 Å². The third-order valence-electron chi connectivity index (χ3n) is 3.54. The number of rotatable bonds is 3. The summed E-state index contributed by atoms with van der Waals surface area (Å²) in [5.74, 6) is 0.193. The molecule has 102 valence electrons. The summed E-state index contributed by atoms with van der Waals surface area (Å²) in [4.78, 5) is 13.9. The fourth-order valence-electron chi connectivity index (χ4n) is 2.39. The highest BCUT2D eigenvalue weighted by molar-refractivity contribution is 5.87. The van der Waals surface area contributed by atoms with Gasteiger partial charge in [0.05, 0.1) is 5.71 Å². The van der Waals surface area contributed by atoms with E-state index in [0.29, 0.717) is 32.4 Å². The number of aryl methyl sites for hydroxylation is 2. The quantitative estimate of drug-likeness (QED) is 0.670. The van der Waals surface area contributed by atoms with Gasteiger partial charge in [-0.2, -0.15) is 0 Å². The van der Waals surface area contributed by atoms with Crippen LogP contribution in [-0.2, 0) is 11.2 Å². The number of carbonyl (C=O) groups is 1. The van der Waals surface area contributed by atoms with Gasteiger partial charge in [0.25, 0.3) is 0 Å². The van der Waals surface area contributed by atoms with Gasteiger partial charge < -0.3 is 10.1 Å². The van der Waals surface area contributed by atoms with Crippen LogP contribution in [0.4, 0.5) is 0 Å². The fraction of sp³-hybridized carbons (Fsp3) is 0.467. The average Bonchev–Trinajstić information content (AvgIpc) is 2.45. The van der Waals surface area contributed by atoms with E-state index >= 15 is 0 Å². The number of carbonyl (C=O) groups excluding carboxylic acids is 1. The molecule has 1 aliphatic rings. The molecule has 1 aliphatic heterocycles. The van der Waals surface area contributed by atoms with Crippen LogP contribution in [0, 0.1) is 6.92 Å². The zero-order valence-corrected chi connectivity index (χ0v) is 11.3. The lowest BCUT2D eigenvalue weighted by atomic mass is 10.0. The lowest BCUT2D eigenvalue weighted by Gasteiger charge is -2.27.